The van der Waals surface area contributed by atoms with E-state index in [0.29, 0.717) is 0 Å². The maximum atomic E-state index is 12.1. The molecular formula is C11H9F3N2O2. The van der Waals surface area contributed by atoms with Crippen LogP contribution in [0.15, 0.2) is 18.5 Å². The van der Waals surface area contributed by atoms with Crippen molar-refractivity contribution in [1.82, 2.24) is 9.88 Å². The highest BCUT2D eigenvalue weighted by atomic mass is 19.4. The highest BCUT2D eigenvalue weighted by molar-refractivity contribution is 6.00. The molecule has 1 aromatic heterocycles. The number of nitrogens with zero attached hydrogens (tertiary/aromatic N) is 1. The number of hydrogen-bond acceptors (Lipinski definition) is 2. The second kappa shape index (κ2) is 5.40. The molecule has 1 heterocycles. The molecule has 0 bridgehead atoms. The van der Waals surface area contributed by atoms with Gasteiger partial charge in [-0.05, 0) is 6.07 Å². The smallest absolute Gasteiger partial charge is 0.344 e. The van der Waals surface area contributed by atoms with E-state index in [9.17, 15) is 22.8 Å². The summed E-state index contributed by atoms with van der Waals surface area (Å²) in [6.07, 6.45) is 2.18. The Hall–Kier alpha value is -2.23. The molecule has 0 aliphatic rings. The minimum atomic E-state index is -4.92. The molecular weight excluding hydrogens is 249 g/mol. The van der Waals surface area contributed by atoms with Gasteiger partial charge in [0, 0.05) is 18.0 Å². The number of aromatic nitrogens is 1. The average Bonchev–Trinajstić information content (AvgIpc) is 2.72. The molecule has 0 atom stereocenters. The predicted octanol–water partition coefficient (Wildman–Crippen LogP) is 0.982. The van der Waals surface area contributed by atoms with Crippen LogP contribution in [0.25, 0.3) is 0 Å². The van der Waals surface area contributed by atoms with Gasteiger partial charge in [-0.2, -0.15) is 13.2 Å². The Morgan fingerprint density at radius 3 is 2.67 bits per heavy atom. The Balaban J connectivity index is 2.67. The third-order valence-electron chi connectivity index (χ3n) is 1.98. The first-order valence-electron chi connectivity index (χ1n) is 4.82. The lowest BCUT2D eigenvalue weighted by Gasteiger charge is -2.03. The van der Waals surface area contributed by atoms with E-state index in [0.717, 1.165) is 12.3 Å². The topological polar surface area (TPSA) is 51.1 Å². The summed E-state index contributed by atoms with van der Waals surface area (Å²) in [7, 11) is 0. The molecule has 1 N–H and O–H groups in total. The molecule has 0 unspecified atom stereocenters. The fourth-order valence-corrected chi connectivity index (χ4v) is 1.21. The number of hydrogen-bond donors (Lipinski definition) is 1. The van der Waals surface area contributed by atoms with Gasteiger partial charge in [0.2, 0.25) is 5.91 Å². The lowest BCUT2D eigenvalue weighted by Crippen LogP contribution is -2.27. The van der Waals surface area contributed by atoms with Crippen LogP contribution in [-0.4, -0.2) is 29.0 Å². The van der Waals surface area contributed by atoms with Crippen molar-refractivity contribution in [2.45, 2.75) is 12.7 Å². The molecule has 0 radical (unpaired) electrons. The van der Waals surface area contributed by atoms with Crippen LogP contribution in [0, 0.1) is 12.3 Å². The molecule has 96 valence electrons. The van der Waals surface area contributed by atoms with Crippen molar-refractivity contribution in [3.8, 4) is 12.3 Å². The highest BCUT2D eigenvalue weighted by Crippen LogP contribution is 2.21. The number of rotatable bonds is 4. The second-order valence-electron chi connectivity index (χ2n) is 3.38. The van der Waals surface area contributed by atoms with Crippen LogP contribution in [0.1, 0.15) is 10.4 Å². The number of amides is 1. The van der Waals surface area contributed by atoms with Gasteiger partial charge in [0.1, 0.15) is 6.54 Å². The number of ketones is 1. The lowest BCUT2D eigenvalue weighted by molar-refractivity contribution is -0.121. The minimum Gasteiger partial charge on any atom is -0.344 e. The lowest BCUT2D eigenvalue weighted by atomic mass is 10.2. The van der Waals surface area contributed by atoms with Crippen LogP contribution < -0.4 is 5.32 Å². The van der Waals surface area contributed by atoms with Crippen molar-refractivity contribution in [3.05, 3.63) is 24.0 Å². The van der Waals surface area contributed by atoms with Gasteiger partial charge >= 0.3 is 6.18 Å². The van der Waals surface area contributed by atoms with E-state index in [4.69, 9.17) is 6.42 Å². The predicted molar refractivity (Wildman–Crippen MR) is 56.7 cm³/mol. The molecule has 1 amide bonds. The number of terminal acetylenes is 1. The van der Waals surface area contributed by atoms with Crippen LogP contribution >= 0.6 is 0 Å². The summed E-state index contributed by atoms with van der Waals surface area (Å²) in [5, 5.41) is 2.35. The van der Waals surface area contributed by atoms with Crippen molar-refractivity contribution >= 4 is 11.7 Å². The van der Waals surface area contributed by atoms with E-state index in [1.54, 1.807) is 0 Å². The standard InChI is InChI=1S/C11H9F3N2O2/c1-2-4-15-9(17)7-16-5-3-8(6-16)10(18)11(12,13)14/h1,3,5-6H,4,7H2,(H,15,17). The number of alkyl halides is 3. The first-order valence-corrected chi connectivity index (χ1v) is 4.82. The first kappa shape index (κ1) is 13.8. The second-order valence-corrected chi connectivity index (χ2v) is 3.38. The zero-order chi connectivity index (χ0) is 13.8. The maximum Gasteiger partial charge on any atom is 0.454 e. The van der Waals surface area contributed by atoms with E-state index in [-0.39, 0.29) is 13.1 Å². The molecule has 0 aliphatic heterocycles. The van der Waals surface area contributed by atoms with Crippen molar-refractivity contribution in [2.24, 2.45) is 0 Å². The first-order chi connectivity index (χ1) is 8.34. The molecule has 1 aromatic rings. The average molecular weight is 258 g/mol. The minimum absolute atomic E-state index is 0.0362. The molecule has 4 nitrogen and oxygen atoms in total. The summed E-state index contributed by atoms with van der Waals surface area (Å²) >= 11 is 0. The van der Waals surface area contributed by atoms with Crippen LogP contribution in [0.4, 0.5) is 13.2 Å². The van der Waals surface area contributed by atoms with Gasteiger partial charge in [-0.25, -0.2) is 0 Å². The van der Waals surface area contributed by atoms with E-state index in [1.807, 2.05) is 0 Å². The Bertz CT molecular complexity index is 497. The molecule has 0 saturated carbocycles. The fraction of sp³-hybridized carbons (Fsp3) is 0.273. The summed E-state index contributed by atoms with van der Waals surface area (Å²) in [5.74, 6) is -0.205. The van der Waals surface area contributed by atoms with Crippen molar-refractivity contribution in [2.75, 3.05) is 6.54 Å². The Kier molecular flexibility index (Phi) is 4.15. The zero-order valence-electron chi connectivity index (χ0n) is 9.12. The maximum absolute atomic E-state index is 12.1. The van der Waals surface area contributed by atoms with Crippen LogP contribution in [0.3, 0.4) is 0 Å². The van der Waals surface area contributed by atoms with Gasteiger partial charge in [0.15, 0.2) is 0 Å². The number of carbonyl (C=O) groups is 2. The van der Waals surface area contributed by atoms with Crippen molar-refractivity contribution < 1.29 is 22.8 Å². The highest BCUT2D eigenvalue weighted by Gasteiger charge is 2.39. The summed E-state index contributed by atoms with van der Waals surface area (Å²) in [6, 6.07) is 1.00. The van der Waals surface area contributed by atoms with Crippen LogP contribution in [-0.2, 0) is 11.3 Å². The summed E-state index contributed by atoms with van der Waals surface area (Å²) in [4.78, 5) is 22.1. The van der Waals surface area contributed by atoms with E-state index in [1.165, 1.54) is 10.8 Å². The van der Waals surface area contributed by atoms with Gasteiger partial charge in [0.05, 0.1) is 6.54 Å². The Morgan fingerprint density at radius 1 is 1.44 bits per heavy atom. The third-order valence-corrected chi connectivity index (χ3v) is 1.98. The van der Waals surface area contributed by atoms with Gasteiger partial charge in [-0.1, -0.05) is 5.92 Å². The molecule has 1 rings (SSSR count). The quantitative estimate of drug-likeness (QED) is 0.646. The van der Waals surface area contributed by atoms with Gasteiger partial charge < -0.3 is 9.88 Å². The molecule has 0 aliphatic carbocycles. The van der Waals surface area contributed by atoms with Crippen molar-refractivity contribution in [3.63, 3.8) is 0 Å². The molecule has 18 heavy (non-hydrogen) atoms. The third kappa shape index (κ3) is 3.66. The normalized spacial score (nSPS) is 10.8. The Morgan fingerprint density at radius 2 is 2.11 bits per heavy atom. The SMILES string of the molecule is C#CCNC(=O)Cn1ccc(C(=O)C(F)(F)F)c1. The molecule has 0 spiro atoms. The van der Waals surface area contributed by atoms with Crippen molar-refractivity contribution in [1.29, 1.82) is 0 Å². The van der Waals surface area contributed by atoms with Gasteiger partial charge in [-0.3, -0.25) is 9.59 Å². The number of nitrogens with one attached hydrogen (secondary N) is 1. The molecule has 7 heteroatoms. The van der Waals surface area contributed by atoms with E-state index >= 15 is 0 Å². The number of Topliss-reactive ketones (excluding diaryl/α,β-unsaturated/α-hetero) is 1. The molecule has 0 aromatic carbocycles. The Labute approximate surface area is 101 Å². The molecule has 0 saturated heterocycles. The van der Waals surface area contributed by atoms with Crippen LogP contribution in [0.5, 0.6) is 0 Å². The summed E-state index contributed by atoms with van der Waals surface area (Å²) in [5.41, 5.74) is -0.507. The van der Waals surface area contributed by atoms with E-state index < -0.39 is 23.4 Å². The summed E-state index contributed by atoms with van der Waals surface area (Å²) < 4.78 is 37.5. The summed E-state index contributed by atoms with van der Waals surface area (Å²) in [6.45, 7) is -0.165. The fourth-order valence-electron chi connectivity index (χ4n) is 1.21. The number of carbonyl (C=O) groups excluding carboxylic acids is 2. The number of halogens is 3. The van der Waals surface area contributed by atoms with E-state index in [2.05, 4.69) is 11.2 Å². The largest absolute Gasteiger partial charge is 0.454 e. The molecule has 0 fully saturated rings. The monoisotopic (exact) mass is 258 g/mol. The van der Waals surface area contributed by atoms with Gasteiger partial charge in [-0.15, -0.1) is 6.42 Å². The van der Waals surface area contributed by atoms with Gasteiger partial charge in [0.25, 0.3) is 5.78 Å². The van der Waals surface area contributed by atoms with Crippen LogP contribution in [0.2, 0.25) is 0 Å². The zero-order valence-corrected chi connectivity index (χ0v) is 9.12.